The summed E-state index contributed by atoms with van der Waals surface area (Å²) in [5.41, 5.74) is -0.0223. The van der Waals surface area contributed by atoms with Crippen molar-refractivity contribution in [2.24, 2.45) is 0 Å². The molecule has 118 valence electrons. The van der Waals surface area contributed by atoms with E-state index in [2.05, 4.69) is 6.58 Å². The highest BCUT2D eigenvalue weighted by molar-refractivity contribution is 5.93. The summed E-state index contributed by atoms with van der Waals surface area (Å²) in [4.78, 5) is 23.4. The van der Waals surface area contributed by atoms with Crippen LogP contribution in [0.5, 0.6) is 0 Å². The monoisotopic (exact) mass is 302 g/mol. The van der Waals surface area contributed by atoms with Crippen molar-refractivity contribution in [3.05, 3.63) is 12.2 Å². The summed E-state index contributed by atoms with van der Waals surface area (Å²) in [6.07, 6.45) is -1.80. The van der Waals surface area contributed by atoms with Gasteiger partial charge in [-0.25, -0.2) is 4.79 Å². The van der Waals surface area contributed by atoms with Crippen LogP contribution in [-0.4, -0.2) is 64.2 Å². The normalized spacial score (nSPS) is 25.9. The molecule has 0 aromatic carbocycles. The summed E-state index contributed by atoms with van der Waals surface area (Å²) in [5, 5.41) is 0. The van der Waals surface area contributed by atoms with Crippen molar-refractivity contribution in [3.63, 3.8) is 0 Å². The van der Waals surface area contributed by atoms with Crippen molar-refractivity contribution in [2.75, 3.05) is 39.6 Å². The van der Waals surface area contributed by atoms with E-state index in [-0.39, 0.29) is 25.2 Å². The molecule has 2 unspecified atom stereocenters. The largest absolute Gasteiger partial charge is 0.433 e. The maximum Gasteiger partial charge on any atom is 0.336 e. The summed E-state index contributed by atoms with van der Waals surface area (Å²) in [6, 6.07) is 0. The van der Waals surface area contributed by atoms with Crippen molar-refractivity contribution < 1.29 is 38.0 Å². The summed E-state index contributed by atoms with van der Waals surface area (Å²) >= 11 is 0. The first kappa shape index (κ1) is 15.9. The molecule has 0 spiro atoms. The summed E-state index contributed by atoms with van der Waals surface area (Å²) in [7, 11) is 0. The van der Waals surface area contributed by atoms with Gasteiger partial charge in [0, 0.05) is 5.57 Å². The average molecular weight is 302 g/mol. The van der Waals surface area contributed by atoms with Gasteiger partial charge in [0.1, 0.15) is 13.2 Å². The lowest BCUT2D eigenvalue weighted by Crippen LogP contribution is -2.34. The third-order valence-corrected chi connectivity index (χ3v) is 2.72. The number of carbonyl (C=O) groups excluding carboxylic acids is 2. The lowest BCUT2D eigenvalue weighted by atomic mass is 10.2. The molecule has 2 rings (SSSR count). The predicted octanol–water partition coefficient (Wildman–Crippen LogP) is -0.235. The van der Waals surface area contributed by atoms with Gasteiger partial charge in [-0.15, -0.1) is 0 Å². The average Bonchev–Trinajstić information content (AvgIpc) is 2.49. The first-order chi connectivity index (χ1) is 10.1. The Morgan fingerprint density at radius 3 is 2.05 bits per heavy atom. The zero-order chi connectivity index (χ0) is 15.1. The molecule has 0 N–H and O–H groups in total. The van der Waals surface area contributed by atoms with Gasteiger partial charge in [0.15, 0.2) is 0 Å². The predicted molar refractivity (Wildman–Crippen MR) is 67.1 cm³/mol. The molecule has 2 saturated heterocycles. The van der Waals surface area contributed by atoms with Crippen molar-refractivity contribution >= 4 is 11.9 Å². The van der Waals surface area contributed by atoms with Crippen molar-refractivity contribution in [2.45, 2.75) is 19.0 Å². The molecule has 2 fully saturated rings. The molecule has 0 bridgehead atoms. The molecule has 21 heavy (non-hydrogen) atoms. The molecule has 8 heteroatoms. The Morgan fingerprint density at radius 1 is 0.952 bits per heavy atom. The lowest BCUT2D eigenvalue weighted by Gasteiger charge is -2.24. The maximum atomic E-state index is 11.7. The number of carbonyl (C=O) groups is 2. The minimum absolute atomic E-state index is 0.0223. The second kappa shape index (κ2) is 8.08. The van der Waals surface area contributed by atoms with Crippen LogP contribution in [0.3, 0.4) is 0 Å². The molecule has 2 aliphatic rings. The van der Waals surface area contributed by atoms with Gasteiger partial charge >= 0.3 is 11.9 Å². The quantitative estimate of drug-likeness (QED) is 0.508. The zero-order valence-corrected chi connectivity index (χ0v) is 11.6. The van der Waals surface area contributed by atoms with Gasteiger partial charge in [-0.2, -0.15) is 0 Å². The fourth-order valence-corrected chi connectivity index (χ4v) is 1.71. The van der Waals surface area contributed by atoms with Crippen LogP contribution in [0.25, 0.3) is 0 Å². The fourth-order valence-electron chi connectivity index (χ4n) is 1.71. The third-order valence-electron chi connectivity index (χ3n) is 2.72. The number of esters is 2. The molecule has 0 saturated carbocycles. The maximum absolute atomic E-state index is 11.7. The van der Waals surface area contributed by atoms with Crippen LogP contribution in [0.2, 0.25) is 0 Å². The second-order valence-corrected chi connectivity index (χ2v) is 4.43. The van der Waals surface area contributed by atoms with Crippen LogP contribution in [0.1, 0.15) is 6.42 Å². The SMILES string of the molecule is C=C(CC(=O)OC1COCCO1)C(=O)OC1COCCO1. The van der Waals surface area contributed by atoms with E-state index in [1.165, 1.54) is 0 Å². The number of hydrogen-bond donors (Lipinski definition) is 0. The smallest absolute Gasteiger partial charge is 0.336 e. The van der Waals surface area contributed by atoms with Crippen molar-refractivity contribution in [1.82, 2.24) is 0 Å². The molecule has 2 atom stereocenters. The van der Waals surface area contributed by atoms with Gasteiger partial charge in [-0.05, 0) is 0 Å². The van der Waals surface area contributed by atoms with Crippen LogP contribution in [0, 0.1) is 0 Å². The standard InChI is InChI=1S/C13H18O8/c1-9(13(15)21-12-8-17-3-5-19-12)6-10(14)20-11-7-16-2-4-18-11/h11-12H,1-8H2. The summed E-state index contributed by atoms with van der Waals surface area (Å²) in [6.45, 7) is 5.49. The first-order valence-corrected chi connectivity index (χ1v) is 6.62. The number of rotatable bonds is 5. The molecule has 2 heterocycles. The minimum atomic E-state index is -0.769. The molecular formula is C13H18O8. The topological polar surface area (TPSA) is 89.5 Å². The van der Waals surface area contributed by atoms with Crippen LogP contribution >= 0.6 is 0 Å². The van der Waals surface area contributed by atoms with E-state index in [9.17, 15) is 9.59 Å². The highest BCUT2D eigenvalue weighted by Crippen LogP contribution is 2.11. The van der Waals surface area contributed by atoms with E-state index in [1.807, 2.05) is 0 Å². The second-order valence-electron chi connectivity index (χ2n) is 4.43. The molecule has 0 aromatic heterocycles. The van der Waals surface area contributed by atoms with E-state index in [4.69, 9.17) is 28.4 Å². The Hall–Kier alpha value is -1.48. The molecule has 0 amide bonds. The van der Waals surface area contributed by atoms with Gasteiger partial charge in [-0.3, -0.25) is 4.79 Å². The molecule has 0 aliphatic carbocycles. The van der Waals surface area contributed by atoms with Crippen LogP contribution in [-0.2, 0) is 38.0 Å². The molecule has 8 nitrogen and oxygen atoms in total. The molecule has 2 aliphatic heterocycles. The fraction of sp³-hybridized carbons (Fsp3) is 0.692. The molecule has 0 aromatic rings. The van der Waals surface area contributed by atoms with Crippen LogP contribution in [0.4, 0.5) is 0 Å². The summed E-state index contributed by atoms with van der Waals surface area (Å²) < 4.78 is 30.5. The van der Waals surface area contributed by atoms with Gasteiger partial charge in [-0.1, -0.05) is 6.58 Å². The Labute approximate surface area is 121 Å². The highest BCUT2D eigenvalue weighted by Gasteiger charge is 2.24. The van der Waals surface area contributed by atoms with E-state index in [0.29, 0.717) is 26.4 Å². The van der Waals surface area contributed by atoms with Gasteiger partial charge < -0.3 is 28.4 Å². The van der Waals surface area contributed by atoms with Gasteiger partial charge in [0.25, 0.3) is 0 Å². The Morgan fingerprint density at radius 2 is 1.52 bits per heavy atom. The minimum Gasteiger partial charge on any atom is -0.433 e. The first-order valence-electron chi connectivity index (χ1n) is 6.62. The van der Waals surface area contributed by atoms with E-state index < -0.39 is 24.5 Å². The lowest BCUT2D eigenvalue weighted by molar-refractivity contribution is -0.215. The third kappa shape index (κ3) is 5.43. The highest BCUT2D eigenvalue weighted by atomic mass is 16.7. The van der Waals surface area contributed by atoms with Gasteiger partial charge in [0.2, 0.25) is 12.6 Å². The van der Waals surface area contributed by atoms with Crippen molar-refractivity contribution in [3.8, 4) is 0 Å². The van der Waals surface area contributed by atoms with Crippen molar-refractivity contribution in [1.29, 1.82) is 0 Å². The number of ether oxygens (including phenoxy) is 6. The number of hydrogen-bond acceptors (Lipinski definition) is 8. The van der Waals surface area contributed by atoms with Crippen LogP contribution in [0.15, 0.2) is 12.2 Å². The van der Waals surface area contributed by atoms with E-state index in [0.717, 1.165) is 0 Å². The van der Waals surface area contributed by atoms with E-state index >= 15 is 0 Å². The Balaban J connectivity index is 1.69. The molecular weight excluding hydrogens is 284 g/mol. The zero-order valence-electron chi connectivity index (χ0n) is 11.6. The summed E-state index contributed by atoms with van der Waals surface area (Å²) in [5.74, 6) is -1.35. The Bertz CT molecular complexity index is 382. The molecule has 0 radical (unpaired) electrons. The Kier molecular flexibility index (Phi) is 6.12. The van der Waals surface area contributed by atoms with Gasteiger partial charge in [0.05, 0.1) is 32.8 Å². The van der Waals surface area contributed by atoms with Crippen LogP contribution < -0.4 is 0 Å². The van der Waals surface area contributed by atoms with E-state index in [1.54, 1.807) is 0 Å².